The molecule has 0 saturated heterocycles. The Kier molecular flexibility index (Phi) is 2.59. The van der Waals surface area contributed by atoms with Crippen molar-refractivity contribution in [1.29, 1.82) is 0 Å². The molecule has 1 heterocycles. The zero-order valence-electron chi connectivity index (χ0n) is 6.75. The lowest BCUT2D eigenvalue weighted by Crippen LogP contribution is -2.15. The molecule has 0 aliphatic carbocycles. The molecule has 1 amide bonds. The highest BCUT2D eigenvalue weighted by Crippen LogP contribution is 2.29. The minimum Gasteiger partial charge on any atom is -0.265 e. The average Bonchev–Trinajstić information content (AvgIpc) is 2.15. The van der Waals surface area contributed by atoms with Crippen LogP contribution in [0.1, 0.15) is 16.2 Å². The van der Waals surface area contributed by atoms with Gasteiger partial charge in [-0.1, -0.05) is 0 Å². The number of amides is 1. The summed E-state index contributed by atoms with van der Waals surface area (Å²) in [4.78, 5) is 20.0. The summed E-state index contributed by atoms with van der Waals surface area (Å²) < 4.78 is 36.7. The molecule has 14 heavy (non-hydrogen) atoms. The number of carbonyl (C=O) groups excluding carboxylic acids is 1. The maximum Gasteiger partial charge on any atom is 0.435 e. The molecule has 0 aliphatic heterocycles. The summed E-state index contributed by atoms with van der Waals surface area (Å²) in [6.45, 7) is 2.83. The van der Waals surface area contributed by atoms with Gasteiger partial charge in [-0.05, 0) is 6.72 Å². The van der Waals surface area contributed by atoms with Gasteiger partial charge in [0.1, 0.15) is 0 Å². The van der Waals surface area contributed by atoms with Crippen LogP contribution < -0.4 is 0 Å². The third kappa shape index (κ3) is 1.93. The molecule has 0 atom stereocenters. The van der Waals surface area contributed by atoms with Crippen molar-refractivity contribution in [3.8, 4) is 0 Å². The van der Waals surface area contributed by atoms with Gasteiger partial charge in [0.2, 0.25) is 0 Å². The van der Waals surface area contributed by atoms with Crippen molar-refractivity contribution in [3.63, 3.8) is 0 Å². The molecule has 0 unspecified atom stereocenters. The molecule has 1 aromatic heterocycles. The van der Waals surface area contributed by atoms with E-state index in [0.29, 0.717) is 0 Å². The number of alkyl halides is 3. The summed E-state index contributed by atoms with van der Waals surface area (Å²) in [5.74, 6) is -1.15. The van der Waals surface area contributed by atoms with Crippen LogP contribution in [0.2, 0.25) is 0 Å². The molecular formula is C7H4F3N3O. The molecule has 0 spiro atoms. The van der Waals surface area contributed by atoms with E-state index in [0.717, 1.165) is 12.4 Å². The van der Waals surface area contributed by atoms with Gasteiger partial charge in [0.25, 0.3) is 5.91 Å². The number of hydrogen-bond donors (Lipinski definition) is 0. The molecule has 1 aromatic rings. The zero-order valence-corrected chi connectivity index (χ0v) is 6.75. The van der Waals surface area contributed by atoms with Crippen molar-refractivity contribution in [2.45, 2.75) is 6.18 Å². The fourth-order valence-electron chi connectivity index (χ4n) is 0.777. The van der Waals surface area contributed by atoms with E-state index in [-0.39, 0.29) is 0 Å². The number of nitrogens with zero attached hydrogens (tertiary/aromatic N) is 3. The molecule has 7 heteroatoms. The molecular weight excluding hydrogens is 199 g/mol. The predicted molar refractivity (Wildman–Crippen MR) is 40.9 cm³/mol. The number of aliphatic imine (C=N–C) groups is 1. The second kappa shape index (κ2) is 3.52. The quantitative estimate of drug-likeness (QED) is 0.647. The van der Waals surface area contributed by atoms with Crippen LogP contribution in [0, 0.1) is 0 Å². The largest absolute Gasteiger partial charge is 0.435 e. The van der Waals surface area contributed by atoms with Gasteiger partial charge in [-0.25, -0.2) is 15.0 Å². The molecule has 0 fully saturated rings. The maximum absolute atomic E-state index is 12.2. The van der Waals surface area contributed by atoms with E-state index in [1.165, 1.54) is 0 Å². The van der Waals surface area contributed by atoms with Crippen molar-refractivity contribution >= 4 is 12.6 Å². The summed E-state index contributed by atoms with van der Waals surface area (Å²) in [6.07, 6.45) is -2.89. The monoisotopic (exact) mass is 203 g/mol. The van der Waals surface area contributed by atoms with Crippen LogP contribution in [-0.4, -0.2) is 22.6 Å². The first-order valence-corrected chi connectivity index (χ1v) is 3.36. The molecule has 1 rings (SSSR count). The topological polar surface area (TPSA) is 55.2 Å². The summed E-state index contributed by atoms with van der Waals surface area (Å²) in [5, 5.41) is 0. The van der Waals surface area contributed by atoms with Gasteiger partial charge in [0.15, 0.2) is 11.4 Å². The van der Waals surface area contributed by atoms with Crippen molar-refractivity contribution in [3.05, 3.63) is 23.8 Å². The normalized spacial score (nSPS) is 11.1. The van der Waals surface area contributed by atoms with E-state index in [2.05, 4.69) is 21.7 Å². The third-order valence-electron chi connectivity index (χ3n) is 1.31. The minimum absolute atomic E-state index is 0.838. The standard InChI is InChI=1S/C7H4F3N3O/c1-11-6(14)4-5(7(8,9)10)13-3-2-12-4/h2-3H,1H2. The first-order chi connectivity index (χ1) is 6.46. The van der Waals surface area contributed by atoms with Crippen LogP contribution in [-0.2, 0) is 6.18 Å². The lowest BCUT2D eigenvalue weighted by atomic mass is 10.3. The highest BCUT2D eigenvalue weighted by atomic mass is 19.4. The maximum atomic E-state index is 12.2. The Labute approximate surface area is 76.5 Å². The lowest BCUT2D eigenvalue weighted by molar-refractivity contribution is -0.141. The molecule has 4 nitrogen and oxygen atoms in total. The van der Waals surface area contributed by atoms with Gasteiger partial charge >= 0.3 is 6.18 Å². The average molecular weight is 203 g/mol. The Bertz CT molecular complexity index is 375. The van der Waals surface area contributed by atoms with Gasteiger partial charge in [-0.2, -0.15) is 13.2 Å². The van der Waals surface area contributed by atoms with E-state index in [4.69, 9.17) is 0 Å². The van der Waals surface area contributed by atoms with Gasteiger partial charge < -0.3 is 0 Å². The molecule has 0 radical (unpaired) electrons. The summed E-state index contributed by atoms with van der Waals surface area (Å²) in [5.41, 5.74) is -2.19. The van der Waals surface area contributed by atoms with Crippen LogP contribution in [0.25, 0.3) is 0 Å². The van der Waals surface area contributed by atoms with Crippen LogP contribution in [0.15, 0.2) is 17.4 Å². The Morgan fingerprint density at radius 1 is 1.36 bits per heavy atom. The molecule has 0 aromatic carbocycles. The summed E-state index contributed by atoms with van der Waals surface area (Å²) in [6, 6.07) is 0. The SMILES string of the molecule is C=NC(=O)c1nccnc1C(F)(F)F. The van der Waals surface area contributed by atoms with Crippen molar-refractivity contribution in [2.75, 3.05) is 0 Å². The second-order valence-electron chi connectivity index (χ2n) is 2.21. The van der Waals surface area contributed by atoms with Gasteiger partial charge in [-0.3, -0.25) is 4.79 Å². The molecule has 0 bridgehead atoms. The first-order valence-electron chi connectivity index (χ1n) is 3.36. The number of hydrogen-bond acceptors (Lipinski definition) is 3. The summed E-state index contributed by atoms with van der Waals surface area (Å²) in [7, 11) is 0. The number of aromatic nitrogens is 2. The number of rotatable bonds is 1. The van der Waals surface area contributed by atoms with E-state index >= 15 is 0 Å². The van der Waals surface area contributed by atoms with E-state index < -0.39 is 23.5 Å². The Balaban J connectivity index is 3.30. The van der Waals surface area contributed by atoms with Gasteiger partial charge in [0.05, 0.1) is 0 Å². The van der Waals surface area contributed by atoms with Gasteiger partial charge in [-0.15, -0.1) is 0 Å². The van der Waals surface area contributed by atoms with E-state index in [1.54, 1.807) is 0 Å². The Hall–Kier alpha value is -1.79. The molecule has 0 aliphatic rings. The summed E-state index contributed by atoms with van der Waals surface area (Å²) >= 11 is 0. The van der Waals surface area contributed by atoms with Crippen molar-refractivity contribution in [1.82, 2.24) is 9.97 Å². The third-order valence-corrected chi connectivity index (χ3v) is 1.31. The van der Waals surface area contributed by atoms with Crippen LogP contribution in [0.4, 0.5) is 13.2 Å². The second-order valence-corrected chi connectivity index (χ2v) is 2.21. The smallest absolute Gasteiger partial charge is 0.265 e. The van der Waals surface area contributed by atoms with E-state index in [9.17, 15) is 18.0 Å². The van der Waals surface area contributed by atoms with Crippen LogP contribution in [0.3, 0.4) is 0 Å². The predicted octanol–water partition coefficient (Wildman–Crippen LogP) is 1.34. The Morgan fingerprint density at radius 2 is 1.93 bits per heavy atom. The number of carbonyl (C=O) groups is 1. The molecule has 0 saturated carbocycles. The number of halogens is 3. The fourth-order valence-corrected chi connectivity index (χ4v) is 0.777. The molecule has 0 N–H and O–H groups in total. The van der Waals surface area contributed by atoms with Crippen LogP contribution in [0.5, 0.6) is 0 Å². The highest BCUT2D eigenvalue weighted by Gasteiger charge is 2.37. The highest BCUT2D eigenvalue weighted by molar-refractivity contribution is 5.96. The van der Waals surface area contributed by atoms with Gasteiger partial charge in [0, 0.05) is 12.4 Å². The Morgan fingerprint density at radius 3 is 2.43 bits per heavy atom. The van der Waals surface area contributed by atoms with Crippen molar-refractivity contribution in [2.24, 2.45) is 4.99 Å². The molecule has 74 valence electrons. The fraction of sp³-hybridized carbons (Fsp3) is 0.143. The minimum atomic E-state index is -4.72. The van der Waals surface area contributed by atoms with Crippen LogP contribution >= 0.6 is 0 Å². The first kappa shape index (κ1) is 10.3. The zero-order chi connectivity index (χ0) is 10.8. The lowest BCUT2D eigenvalue weighted by Gasteiger charge is -2.06. The van der Waals surface area contributed by atoms with E-state index in [1.807, 2.05) is 0 Å². The van der Waals surface area contributed by atoms with Crippen molar-refractivity contribution < 1.29 is 18.0 Å².